The van der Waals surface area contributed by atoms with Crippen LogP contribution in [0.4, 0.5) is 10.1 Å². The van der Waals surface area contributed by atoms with E-state index < -0.39 is 29.0 Å². The first-order valence-corrected chi connectivity index (χ1v) is 11.3. The summed E-state index contributed by atoms with van der Waals surface area (Å²) >= 11 is 7.93. The summed E-state index contributed by atoms with van der Waals surface area (Å²) in [4.78, 5) is 28.4. The van der Waals surface area contributed by atoms with Crippen LogP contribution in [0.3, 0.4) is 0 Å². The van der Waals surface area contributed by atoms with Gasteiger partial charge in [-0.25, -0.2) is 9.29 Å². The van der Waals surface area contributed by atoms with Crippen LogP contribution in [-0.2, 0) is 9.59 Å². The zero-order valence-corrected chi connectivity index (χ0v) is 20.3. The van der Waals surface area contributed by atoms with Crippen LogP contribution in [0.1, 0.15) is 24.8 Å². The Morgan fingerprint density at radius 2 is 2.06 bits per heavy atom. The van der Waals surface area contributed by atoms with Crippen LogP contribution in [-0.4, -0.2) is 24.0 Å². The molecule has 0 aromatic heterocycles. The maximum absolute atomic E-state index is 13.8. The van der Waals surface area contributed by atoms with Gasteiger partial charge in [0.1, 0.15) is 5.82 Å². The lowest BCUT2D eigenvalue weighted by Crippen LogP contribution is -2.41. The molecule has 8 heteroatoms. The number of phenols is 1. The molecule has 0 spiro atoms. The molecule has 4 rings (SSSR count). The van der Waals surface area contributed by atoms with E-state index in [9.17, 15) is 19.1 Å². The number of benzene rings is 2. The minimum atomic E-state index is -1.12. The molecule has 0 saturated carbocycles. The molecule has 3 atom stereocenters. The summed E-state index contributed by atoms with van der Waals surface area (Å²) in [5, 5.41) is 10.1. The third-order valence-electron chi connectivity index (χ3n) is 6.43. The number of rotatable bonds is 4. The molecule has 1 heterocycles. The van der Waals surface area contributed by atoms with Crippen molar-refractivity contribution < 1.29 is 23.8 Å². The standard InChI is InChI=1S/C24H20ClFINO4/c1-4-12-5-7-15-22(30)28(14-6-8-17(26)16(25)11-14)23(31)24(15,2)20(12)13-9-18(27)21(29)19(10-13)32-3/h4-6,8-11,15,20,29H,1,7H2,2-3H3. The summed E-state index contributed by atoms with van der Waals surface area (Å²) in [5.41, 5.74) is 0.648. The highest BCUT2D eigenvalue weighted by Crippen LogP contribution is 2.57. The minimum absolute atomic E-state index is 0.00917. The molecule has 2 amide bonds. The summed E-state index contributed by atoms with van der Waals surface area (Å²) < 4.78 is 19.6. The third-order valence-corrected chi connectivity index (χ3v) is 7.54. The van der Waals surface area contributed by atoms with Crippen LogP contribution in [0.2, 0.25) is 5.02 Å². The van der Waals surface area contributed by atoms with Crippen LogP contribution in [0.25, 0.3) is 0 Å². The van der Waals surface area contributed by atoms with Crippen molar-refractivity contribution in [3.05, 3.63) is 74.6 Å². The Bertz CT molecular complexity index is 1200. The first kappa shape index (κ1) is 22.8. The van der Waals surface area contributed by atoms with E-state index >= 15 is 0 Å². The van der Waals surface area contributed by atoms with Gasteiger partial charge in [-0.3, -0.25) is 9.59 Å². The molecular formula is C24H20ClFINO4. The van der Waals surface area contributed by atoms with Gasteiger partial charge in [-0.15, -0.1) is 0 Å². The maximum Gasteiger partial charge on any atom is 0.241 e. The molecule has 5 nitrogen and oxygen atoms in total. The Labute approximate surface area is 203 Å². The molecule has 166 valence electrons. The highest BCUT2D eigenvalue weighted by Gasteiger charge is 2.62. The Balaban J connectivity index is 1.89. The molecule has 1 N–H and O–H groups in total. The SMILES string of the molecule is C=CC1=CCC2C(=O)N(c3ccc(F)c(Cl)c3)C(=O)C2(C)C1c1cc(I)c(O)c(OC)c1. The highest BCUT2D eigenvalue weighted by atomic mass is 127. The number of allylic oxidation sites excluding steroid dienone is 3. The third kappa shape index (κ3) is 3.25. The van der Waals surface area contributed by atoms with Crippen molar-refractivity contribution >= 4 is 51.7 Å². The lowest BCUT2D eigenvalue weighted by atomic mass is 9.60. The molecule has 0 bridgehead atoms. The van der Waals surface area contributed by atoms with Crippen LogP contribution in [0.15, 0.2) is 54.6 Å². The molecule has 3 unspecified atom stereocenters. The number of amides is 2. The second-order valence-electron chi connectivity index (χ2n) is 8.04. The summed E-state index contributed by atoms with van der Waals surface area (Å²) in [6, 6.07) is 7.27. The van der Waals surface area contributed by atoms with Gasteiger partial charge in [0.25, 0.3) is 0 Å². The van der Waals surface area contributed by atoms with Crippen molar-refractivity contribution in [3.63, 3.8) is 0 Å². The van der Waals surface area contributed by atoms with E-state index in [-0.39, 0.29) is 28.1 Å². The molecule has 32 heavy (non-hydrogen) atoms. The predicted molar refractivity (Wildman–Crippen MR) is 129 cm³/mol. The van der Waals surface area contributed by atoms with E-state index in [1.54, 1.807) is 25.1 Å². The van der Waals surface area contributed by atoms with E-state index in [1.807, 2.05) is 28.7 Å². The fraction of sp³-hybridized carbons (Fsp3) is 0.250. The first-order chi connectivity index (χ1) is 15.1. The number of carbonyl (C=O) groups excluding carboxylic acids is 2. The number of fused-ring (bicyclic) bond motifs is 1. The average Bonchev–Trinajstić information content (AvgIpc) is 2.96. The second-order valence-corrected chi connectivity index (χ2v) is 9.61. The number of hydrogen-bond acceptors (Lipinski definition) is 4. The molecule has 1 fully saturated rings. The average molecular weight is 568 g/mol. The topological polar surface area (TPSA) is 66.8 Å². The molecule has 1 aliphatic heterocycles. The lowest BCUT2D eigenvalue weighted by molar-refractivity contribution is -0.127. The van der Waals surface area contributed by atoms with Gasteiger partial charge in [0.05, 0.1) is 32.7 Å². The number of carbonyl (C=O) groups is 2. The van der Waals surface area contributed by atoms with E-state index in [0.29, 0.717) is 9.99 Å². The zero-order chi connectivity index (χ0) is 23.4. The highest BCUT2D eigenvalue weighted by molar-refractivity contribution is 14.1. The van der Waals surface area contributed by atoms with Crippen molar-refractivity contribution in [2.24, 2.45) is 11.3 Å². The number of aromatic hydroxyl groups is 1. The fourth-order valence-electron chi connectivity index (χ4n) is 4.82. The number of nitrogens with zero attached hydrogens (tertiary/aromatic N) is 1. The largest absolute Gasteiger partial charge is 0.504 e. The predicted octanol–water partition coefficient (Wildman–Crippen LogP) is 5.59. The quantitative estimate of drug-likeness (QED) is 0.386. The Morgan fingerprint density at radius 1 is 1.34 bits per heavy atom. The number of hydrogen-bond donors (Lipinski definition) is 1. The zero-order valence-electron chi connectivity index (χ0n) is 17.4. The van der Waals surface area contributed by atoms with Crippen molar-refractivity contribution in [2.45, 2.75) is 19.3 Å². The Hall–Kier alpha value is -2.39. The van der Waals surface area contributed by atoms with Crippen LogP contribution < -0.4 is 9.64 Å². The number of ether oxygens (including phenoxy) is 1. The van der Waals surface area contributed by atoms with Crippen LogP contribution >= 0.6 is 34.2 Å². The number of imide groups is 1. The van der Waals surface area contributed by atoms with E-state index in [0.717, 1.165) is 22.1 Å². The van der Waals surface area contributed by atoms with Crippen molar-refractivity contribution in [3.8, 4) is 11.5 Å². The molecule has 2 aromatic rings. The fourth-order valence-corrected chi connectivity index (χ4v) is 5.62. The smallest absolute Gasteiger partial charge is 0.241 e. The number of halogens is 3. The van der Waals surface area contributed by atoms with Gasteiger partial charge in [0.2, 0.25) is 11.8 Å². The van der Waals surface area contributed by atoms with Crippen LogP contribution in [0, 0.1) is 20.7 Å². The number of phenolic OH excluding ortho intramolecular Hbond substituents is 1. The molecule has 2 aromatic carbocycles. The summed E-state index contributed by atoms with van der Waals surface area (Å²) in [6.45, 7) is 5.68. The van der Waals surface area contributed by atoms with E-state index in [4.69, 9.17) is 16.3 Å². The van der Waals surface area contributed by atoms with Crippen molar-refractivity contribution in [1.29, 1.82) is 0 Å². The van der Waals surface area contributed by atoms with Gasteiger partial charge in [0.15, 0.2) is 11.5 Å². The summed E-state index contributed by atoms with van der Waals surface area (Å²) in [5.74, 6) is -2.21. The monoisotopic (exact) mass is 567 g/mol. The van der Waals surface area contributed by atoms with Gasteiger partial charge in [-0.1, -0.05) is 30.3 Å². The lowest BCUT2D eigenvalue weighted by Gasteiger charge is -2.40. The summed E-state index contributed by atoms with van der Waals surface area (Å²) in [6.07, 6.45) is 3.98. The van der Waals surface area contributed by atoms with E-state index in [2.05, 4.69) is 6.58 Å². The second kappa shape index (κ2) is 8.19. The van der Waals surface area contributed by atoms with Gasteiger partial charge in [-0.2, -0.15) is 0 Å². The molecule has 2 aliphatic rings. The number of anilines is 1. The van der Waals surface area contributed by atoms with E-state index in [1.165, 1.54) is 19.2 Å². The Morgan fingerprint density at radius 3 is 2.69 bits per heavy atom. The normalized spacial score (nSPS) is 24.9. The molecule has 1 saturated heterocycles. The number of methoxy groups -OCH3 is 1. The van der Waals surface area contributed by atoms with Crippen molar-refractivity contribution in [1.82, 2.24) is 0 Å². The van der Waals surface area contributed by atoms with Gasteiger partial charge in [0, 0.05) is 5.92 Å². The van der Waals surface area contributed by atoms with Gasteiger partial charge >= 0.3 is 0 Å². The first-order valence-electron chi connectivity index (χ1n) is 9.87. The van der Waals surface area contributed by atoms with Gasteiger partial charge in [-0.05, 0) is 77.4 Å². The maximum atomic E-state index is 13.8. The minimum Gasteiger partial charge on any atom is -0.504 e. The molecule has 1 aliphatic carbocycles. The molecular weight excluding hydrogens is 548 g/mol. The van der Waals surface area contributed by atoms with Gasteiger partial charge < -0.3 is 9.84 Å². The van der Waals surface area contributed by atoms with Crippen LogP contribution in [0.5, 0.6) is 11.5 Å². The Kier molecular flexibility index (Phi) is 5.83. The summed E-state index contributed by atoms with van der Waals surface area (Å²) in [7, 11) is 1.45. The molecule has 0 radical (unpaired) electrons. The van der Waals surface area contributed by atoms with Crippen molar-refractivity contribution in [2.75, 3.05) is 12.0 Å².